The van der Waals surface area contributed by atoms with E-state index in [9.17, 15) is 19.7 Å². The molecule has 108 valence electrons. The minimum atomic E-state index is -1.02. The van der Waals surface area contributed by atoms with Crippen LogP contribution in [0.2, 0.25) is 5.02 Å². The van der Waals surface area contributed by atoms with E-state index < -0.39 is 22.8 Å². The first-order chi connectivity index (χ1) is 9.35. The van der Waals surface area contributed by atoms with Crippen LogP contribution >= 0.6 is 11.6 Å². The molecular formula is C12H13ClN2O5. The topological polar surface area (TPSA) is 110 Å². The predicted molar refractivity (Wildman–Crippen MR) is 71.9 cm³/mol. The van der Waals surface area contributed by atoms with Crippen molar-refractivity contribution >= 4 is 29.2 Å². The minimum absolute atomic E-state index is 0.0538. The Labute approximate surface area is 119 Å². The Hall–Kier alpha value is -2.15. The van der Waals surface area contributed by atoms with Gasteiger partial charge in [0, 0.05) is 18.2 Å². The fraction of sp³-hybridized carbons (Fsp3) is 0.333. The second-order valence-electron chi connectivity index (χ2n) is 4.10. The molecule has 20 heavy (non-hydrogen) atoms. The molecule has 7 nitrogen and oxygen atoms in total. The van der Waals surface area contributed by atoms with Crippen LogP contribution in [0.1, 0.15) is 30.1 Å². The molecule has 1 aromatic carbocycles. The Bertz CT molecular complexity index is 547. The van der Waals surface area contributed by atoms with Gasteiger partial charge in [0.25, 0.3) is 11.6 Å². The van der Waals surface area contributed by atoms with Gasteiger partial charge in [0.05, 0.1) is 21.9 Å². The molecule has 0 radical (unpaired) electrons. The van der Waals surface area contributed by atoms with E-state index in [1.807, 2.05) is 0 Å². The highest BCUT2D eigenvalue weighted by molar-refractivity contribution is 6.34. The number of carbonyl (C=O) groups is 2. The van der Waals surface area contributed by atoms with E-state index >= 15 is 0 Å². The molecule has 0 aliphatic rings. The highest BCUT2D eigenvalue weighted by Gasteiger charge is 2.19. The molecule has 0 aliphatic carbocycles. The quantitative estimate of drug-likeness (QED) is 0.618. The number of benzene rings is 1. The first-order valence-corrected chi connectivity index (χ1v) is 6.19. The van der Waals surface area contributed by atoms with Gasteiger partial charge in [-0.05, 0) is 12.5 Å². The fourth-order valence-corrected chi connectivity index (χ4v) is 1.83. The number of carboxylic acid groups (broad SMARTS) is 1. The Kier molecular flexibility index (Phi) is 5.45. The maximum atomic E-state index is 11.9. The van der Waals surface area contributed by atoms with Crippen LogP contribution in [0.3, 0.4) is 0 Å². The third kappa shape index (κ3) is 4.20. The number of nitrogens with zero attached hydrogens (tertiary/aromatic N) is 1. The lowest BCUT2D eigenvalue weighted by Crippen LogP contribution is -2.36. The highest BCUT2D eigenvalue weighted by atomic mass is 35.5. The highest BCUT2D eigenvalue weighted by Crippen LogP contribution is 2.22. The second kappa shape index (κ2) is 6.85. The Morgan fingerprint density at radius 3 is 2.60 bits per heavy atom. The summed E-state index contributed by atoms with van der Waals surface area (Å²) in [5.74, 6) is -1.58. The predicted octanol–water partition coefficient (Wildman–Crippen LogP) is 2.23. The number of aliphatic carboxylic acids is 1. The molecule has 0 saturated carbocycles. The zero-order valence-electron chi connectivity index (χ0n) is 10.6. The van der Waals surface area contributed by atoms with E-state index in [1.54, 1.807) is 6.92 Å². The Morgan fingerprint density at radius 1 is 1.50 bits per heavy atom. The van der Waals surface area contributed by atoms with Gasteiger partial charge in [0.1, 0.15) is 0 Å². The van der Waals surface area contributed by atoms with Gasteiger partial charge in [-0.2, -0.15) is 0 Å². The molecule has 0 aliphatic heterocycles. The molecule has 0 bridgehead atoms. The monoisotopic (exact) mass is 300 g/mol. The van der Waals surface area contributed by atoms with E-state index in [1.165, 1.54) is 12.1 Å². The lowest BCUT2D eigenvalue weighted by atomic mass is 10.1. The van der Waals surface area contributed by atoms with Crippen molar-refractivity contribution in [2.75, 3.05) is 0 Å². The summed E-state index contributed by atoms with van der Waals surface area (Å²) in [6.45, 7) is 1.74. The molecule has 1 aromatic rings. The normalized spacial score (nSPS) is 11.7. The van der Waals surface area contributed by atoms with Crippen LogP contribution in [0.15, 0.2) is 18.2 Å². The van der Waals surface area contributed by atoms with Crippen molar-refractivity contribution < 1.29 is 19.6 Å². The number of non-ortho nitro benzene ring substituents is 1. The number of nitro benzene ring substituents is 1. The summed E-state index contributed by atoms with van der Waals surface area (Å²) in [6, 6.07) is 2.96. The molecule has 1 atom stereocenters. The number of nitro groups is 1. The largest absolute Gasteiger partial charge is 0.481 e. The van der Waals surface area contributed by atoms with Gasteiger partial charge in [0.15, 0.2) is 0 Å². The molecule has 2 N–H and O–H groups in total. The van der Waals surface area contributed by atoms with Crippen LogP contribution in [-0.2, 0) is 4.79 Å². The van der Waals surface area contributed by atoms with Crippen molar-refractivity contribution in [2.45, 2.75) is 25.8 Å². The van der Waals surface area contributed by atoms with Crippen LogP contribution in [0, 0.1) is 10.1 Å². The average molecular weight is 301 g/mol. The van der Waals surface area contributed by atoms with Crippen LogP contribution in [0.25, 0.3) is 0 Å². The molecule has 0 aromatic heterocycles. The third-order valence-corrected chi connectivity index (χ3v) is 2.97. The van der Waals surface area contributed by atoms with Crippen molar-refractivity contribution in [1.29, 1.82) is 0 Å². The van der Waals surface area contributed by atoms with Gasteiger partial charge in [-0.3, -0.25) is 19.7 Å². The van der Waals surface area contributed by atoms with Crippen molar-refractivity contribution in [2.24, 2.45) is 0 Å². The summed E-state index contributed by atoms with van der Waals surface area (Å²) in [5, 5.41) is 21.7. The van der Waals surface area contributed by atoms with Crippen LogP contribution in [-0.4, -0.2) is 27.9 Å². The standard InChI is InChI=1S/C12H13ClN2O5/c1-2-7(5-11(16)17)14-12(18)9-4-3-8(15(19)20)6-10(9)13/h3-4,6-7H,2,5H2,1H3,(H,14,18)(H,16,17). The number of amides is 1. The van der Waals surface area contributed by atoms with Gasteiger partial charge in [-0.1, -0.05) is 18.5 Å². The fourth-order valence-electron chi connectivity index (χ4n) is 1.57. The van der Waals surface area contributed by atoms with Gasteiger partial charge >= 0.3 is 5.97 Å². The van der Waals surface area contributed by atoms with E-state index in [0.717, 1.165) is 6.07 Å². The molecule has 1 unspecified atom stereocenters. The summed E-state index contributed by atoms with van der Waals surface area (Å²) in [6.07, 6.45) is 0.246. The number of nitrogens with one attached hydrogen (secondary N) is 1. The van der Waals surface area contributed by atoms with Crippen LogP contribution in [0.4, 0.5) is 5.69 Å². The van der Waals surface area contributed by atoms with Gasteiger partial charge in [-0.25, -0.2) is 0 Å². The van der Waals surface area contributed by atoms with E-state index in [2.05, 4.69) is 5.32 Å². The SMILES string of the molecule is CCC(CC(=O)O)NC(=O)c1ccc([N+](=O)[O-])cc1Cl. The summed E-state index contributed by atoms with van der Waals surface area (Å²) >= 11 is 5.82. The summed E-state index contributed by atoms with van der Waals surface area (Å²) in [5.41, 5.74) is -0.148. The molecular weight excluding hydrogens is 288 g/mol. The number of hydrogen-bond donors (Lipinski definition) is 2. The molecule has 1 amide bonds. The molecule has 0 saturated heterocycles. The minimum Gasteiger partial charge on any atom is -0.481 e. The van der Waals surface area contributed by atoms with Crippen LogP contribution < -0.4 is 5.32 Å². The van der Waals surface area contributed by atoms with Gasteiger partial charge < -0.3 is 10.4 Å². The number of carboxylic acids is 1. The lowest BCUT2D eigenvalue weighted by molar-refractivity contribution is -0.384. The Balaban J connectivity index is 2.86. The number of hydrogen-bond acceptors (Lipinski definition) is 4. The van der Waals surface area contributed by atoms with E-state index in [4.69, 9.17) is 16.7 Å². The summed E-state index contributed by atoms with van der Waals surface area (Å²) in [4.78, 5) is 32.5. The van der Waals surface area contributed by atoms with Crippen LogP contribution in [0.5, 0.6) is 0 Å². The maximum Gasteiger partial charge on any atom is 0.305 e. The maximum absolute atomic E-state index is 11.9. The van der Waals surface area contributed by atoms with Crippen molar-refractivity contribution in [3.05, 3.63) is 38.9 Å². The first-order valence-electron chi connectivity index (χ1n) is 5.81. The molecule has 0 spiro atoms. The molecule has 8 heteroatoms. The zero-order chi connectivity index (χ0) is 15.3. The molecule has 1 rings (SSSR count). The first kappa shape index (κ1) is 15.9. The molecule has 0 fully saturated rings. The zero-order valence-corrected chi connectivity index (χ0v) is 11.4. The van der Waals surface area contributed by atoms with Crippen molar-refractivity contribution in [1.82, 2.24) is 5.32 Å². The second-order valence-corrected chi connectivity index (χ2v) is 4.50. The van der Waals surface area contributed by atoms with Gasteiger partial charge in [-0.15, -0.1) is 0 Å². The number of carbonyl (C=O) groups excluding carboxylic acids is 1. The Morgan fingerprint density at radius 2 is 2.15 bits per heavy atom. The van der Waals surface area contributed by atoms with Gasteiger partial charge in [0.2, 0.25) is 0 Å². The van der Waals surface area contributed by atoms with E-state index in [-0.39, 0.29) is 22.7 Å². The molecule has 0 heterocycles. The average Bonchev–Trinajstić information content (AvgIpc) is 2.36. The number of halogens is 1. The van der Waals surface area contributed by atoms with Crippen molar-refractivity contribution in [3.8, 4) is 0 Å². The smallest absolute Gasteiger partial charge is 0.305 e. The summed E-state index contributed by atoms with van der Waals surface area (Å²) < 4.78 is 0. The number of rotatable bonds is 6. The van der Waals surface area contributed by atoms with E-state index in [0.29, 0.717) is 6.42 Å². The lowest BCUT2D eigenvalue weighted by Gasteiger charge is -2.15. The third-order valence-electron chi connectivity index (χ3n) is 2.66. The van der Waals surface area contributed by atoms with Crippen molar-refractivity contribution in [3.63, 3.8) is 0 Å². The summed E-state index contributed by atoms with van der Waals surface area (Å²) in [7, 11) is 0.